The van der Waals surface area contributed by atoms with Crippen molar-refractivity contribution >= 4 is 23.2 Å². The average molecular weight is 325 g/mol. The molecule has 0 radical (unpaired) electrons. The van der Waals surface area contributed by atoms with E-state index in [0.29, 0.717) is 5.56 Å². The third-order valence-corrected chi connectivity index (χ3v) is 3.86. The predicted molar refractivity (Wildman–Crippen MR) is 97.5 cm³/mol. The number of aryl methyl sites for hydroxylation is 2. The van der Waals surface area contributed by atoms with Crippen LogP contribution in [-0.2, 0) is 4.79 Å². The van der Waals surface area contributed by atoms with Crippen LogP contribution in [-0.4, -0.2) is 24.9 Å². The minimum absolute atomic E-state index is 0.127. The molecule has 0 aliphatic carbocycles. The first-order valence-electron chi connectivity index (χ1n) is 7.88. The highest BCUT2D eigenvalue weighted by Gasteiger charge is 2.15. The van der Waals surface area contributed by atoms with Crippen LogP contribution in [0.2, 0.25) is 0 Å². The van der Waals surface area contributed by atoms with Crippen LogP contribution < -0.4 is 16.0 Å². The minimum Gasteiger partial charge on any atom is -0.374 e. The van der Waals surface area contributed by atoms with E-state index in [1.54, 1.807) is 32.2 Å². The van der Waals surface area contributed by atoms with Crippen molar-refractivity contribution < 1.29 is 9.59 Å². The Labute approximate surface area is 142 Å². The molecule has 0 saturated carbocycles. The summed E-state index contributed by atoms with van der Waals surface area (Å²) >= 11 is 0. The fourth-order valence-electron chi connectivity index (χ4n) is 2.45. The summed E-state index contributed by atoms with van der Waals surface area (Å²) in [6.45, 7) is 5.72. The molecule has 0 aliphatic heterocycles. The van der Waals surface area contributed by atoms with Gasteiger partial charge < -0.3 is 16.0 Å². The number of rotatable bonds is 5. The van der Waals surface area contributed by atoms with Crippen LogP contribution in [0.25, 0.3) is 0 Å². The van der Waals surface area contributed by atoms with Crippen LogP contribution in [0.5, 0.6) is 0 Å². The van der Waals surface area contributed by atoms with Gasteiger partial charge in [-0.2, -0.15) is 0 Å². The molecule has 0 aromatic heterocycles. The molecule has 0 spiro atoms. The summed E-state index contributed by atoms with van der Waals surface area (Å²) in [5.74, 6) is -0.288. The molecule has 0 bridgehead atoms. The second-order valence-electron chi connectivity index (χ2n) is 5.78. The van der Waals surface area contributed by atoms with Crippen LogP contribution >= 0.6 is 0 Å². The molecule has 2 aromatic rings. The Kier molecular flexibility index (Phi) is 5.58. The van der Waals surface area contributed by atoms with E-state index in [0.717, 1.165) is 22.5 Å². The van der Waals surface area contributed by atoms with Crippen molar-refractivity contribution in [3.63, 3.8) is 0 Å². The predicted octanol–water partition coefficient (Wildman–Crippen LogP) is 3.10. The zero-order valence-corrected chi connectivity index (χ0v) is 14.4. The largest absolute Gasteiger partial charge is 0.374 e. The van der Waals surface area contributed by atoms with Gasteiger partial charge in [0.25, 0.3) is 5.91 Å². The van der Waals surface area contributed by atoms with E-state index in [1.165, 1.54) is 0 Å². The number of carbonyl (C=O) groups is 2. The smallest absolute Gasteiger partial charge is 0.251 e. The van der Waals surface area contributed by atoms with Crippen molar-refractivity contribution in [2.45, 2.75) is 26.8 Å². The van der Waals surface area contributed by atoms with Crippen molar-refractivity contribution in [1.82, 2.24) is 5.32 Å². The maximum absolute atomic E-state index is 12.4. The highest BCUT2D eigenvalue weighted by molar-refractivity contribution is 5.98. The quantitative estimate of drug-likeness (QED) is 0.791. The second kappa shape index (κ2) is 7.64. The van der Waals surface area contributed by atoms with Gasteiger partial charge in [0.05, 0.1) is 0 Å². The van der Waals surface area contributed by atoms with E-state index in [2.05, 4.69) is 16.0 Å². The van der Waals surface area contributed by atoms with Gasteiger partial charge in [0.2, 0.25) is 5.91 Å². The molecule has 0 saturated heterocycles. The Bertz CT molecular complexity index is 736. The van der Waals surface area contributed by atoms with Gasteiger partial charge in [-0.15, -0.1) is 0 Å². The van der Waals surface area contributed by atoms with Gasteiger partial charge in [0.15, 0.2) is 0 Å². The van der Waals surface area contributed by atoms with Gasteiger partial charge in [-0.05, 0) is 50.1 Å². The standard InChI is InChI=1S/C19H23N3O2/c1-12-7-5-8-13(2)17(12)22-18(23)14(3)21-16-10-6-9-15(11-16)19(24)20-4/h5-11,14,21H,1-4H3,(H,20,24)(H,22,23). The summed E-state index contributed by atoms with van der Waals surface area (Å²) in [5, 5.41) is 8.68. The molecule has 2 aromatic carbocycles. The summed E-state index contributed by atoms with van der Waals surface area (Å²) < 4.78 is 0. The maximum Gasteiger partial charge on any atom is 0.251 e. The highest BCUT2D eigenvalue weighted by Crippen LogP contribution is 2.20. The fraction of sp³-hybridized carbons (Fsp3) is 0.263. The summed E-state index contributed by atoms with van der Waals surface area (Å²) in [5.41, 5.74) is 4.16. The van der Waals surface area contributed by atoms with Gasteiger partial charge in [-0.3, -0.25) is 9.59 Å². The van der Waals surface area contributed by atoms with E-state index < -0.39 is 6.04 Å². The zero-order valence-electron chi connectivity index (χ0n) is 14.4. The number of hydrogen-bond donors (Lipinski definition) is 3. The van der Waals surface area contributed by atoms with Gasteiger partial charge in [-0.1, -0.05) is 24.3 Å². The van der Waals surface area contributed by atoms with E-state index >= 15 is 0 Å². The second-order valence-corrected chi connectivity index (χ2v) is 5.78. The molecule has 5 nitrogen and oxygen atoms in total. The number of nitrogens with one attached hydrogen (secondary N) is 3. The number of anilines is 2. The first-order chi connectivity index (χ1) is 11.4. The first kappa shape index (κ1) is 17.5. The van der Waals surface area contributed by atoms with Crippen molar-refractivity contribution in [3.05, 3.63) is 59.2 Å². The topological polar surface area (TPSA) is 70.2 Å². The van der Waals surface area contributed by atoms with Crippen molar-refractivity contribution in [3.8, 4) is 0 Å². The van der Waals surface area contributed by atoms with Crippen LogP contribution in [0.15, 0.2) is 42.5 Å². The Morgan fingerprint density at radius 2 is 1.62 bits per heavy atom. The van der Waals surface area contributed by atoms with Crippen molar-refractivity contribution in [2.75, 3.05) is 17.7 Å². The molecule has 0 aliphatic rings. The van der Waals surface area contributed by atoms with Gasteiger partial charge >= 0.3 is 0 Å². The first-order valence-corrected chi connectivity index (χ1v) is 7.88. The average Bonchev–Trinajstić information content (AvgIpc) is 2.57. The molecule has 3 N–H and O–H groups in total. The molecule has 2 rings (SSSR count). The Hall–Kier alpha value is -2.82. The molecule has 24 heavy (non-hydrogen) atoms. The molecular formula is C19H23N3O2. The molecule has 0 heterocycles. The van der Waals surface area contributed by atoms with Crippen molar-refractivity contribution in [2.24, 2.45) is 0 Å². The van der Waals surface area contributed by atoms with Gasteiger partial charge in [-0.25, -0.2) is 0 Å². The fourth-order valence-corrected chi connectivity index (χ4v) is 2.45. The summed E-state index contributed by atoms with van der Waals surface area (Å²) in [4.78, 5) is 24.1. The lowest BCUT2D eigenvalue weighted by atomic mass is 10.1. The molecule has 1 unspecified atom stereocenters. The van der Waals surface area contributed by atoms with Crippen LogP contribution in [0.4, 0.5) is 11.4 Å². The van der Waals surface area contributed by atoms with Crippen LogP contribution in [0.1, 0.15) is 28.4 Å². The monoisotopic (exact) mass is 325 g/mol. The Balaban J connectivity index is 2.08. The Morgan fingerprint density at radius 3 is 2.25 bits per heavy atom. The summed E-state index contributed by atoms with van der Waals surface area (Å²) in [7, 11) is 1.59. The van der Waals surface area contributed by atoms with Crippen LogP contribution in [0.3, 0.4) is 0 Å². The van der Waals surface area contributed by atoms with E-state index in [-0.39, 0.29) is 11.8 Å². The molecule has 2 amide bonds. The van der Waals surface area contributed by atoms with Gasteiger partial charge in [0.1, 0.15) is 6.04 Å². The number of para-hydroxylation sites is 1. The lowest BCUT2D eigenvalue weighted by molar-refractivity contribution is -0.116. The van der Waals surface area contributed by atoms with Crippen LogP contribution in [0, 0.1) is 13.8 Å². The third-order valence-electron chi connectivity index (χ3n) is 3.86. The number of carbonyl (C=O) groups excluding carboxylic acids is 2. The van der Waals surface area contributed by atoms with E-state index in [9.17, 15) is 9.59 Å². The lowest BCUT2D eigenvalue weighted by Gasteiger charge is -2.18. The summed E-state index contributed by atoms with van der Waals surface area (Å²) in [6.07, 6.45) is 0. The Morgan fingerprint density at radius 1 is 1.00 bits per heavy atom. The molecule has 126 valence electrons. The SMILES string of the molecule is CNC(=O)c1cccc(NC(C)C(=O)Nc2c(C)cccc2C)c1. The number of benzene rings is 2. The number of hydrogen-bond acceptors (Lipinski definition) is 3. The zero-order chi connectivity index (χ0) is 17.7. The normalized spacial score (nSPS) is 11.5. The molecule has 5 heteroatoms. The molecule has 0 fully saturated rings. The minimum atomic E-state index is -0.441. The lowest BCUT2D eigenvalue weighted by Crippen LogP contribution is -2.32. The van der Waals surface area contributed by atoms with E-state index in [4.69, 9.17) is 0 Å². The molecular weight excluding hydrogens is 302 g/mol. The molecule has 1 atom stereocenters. The van der Waals surface area contributed by atoms with Crippen molar-refractivity contribution in [1.29, 1.82) is 0 Å². The summed E-state index contributed by atoms with van der Waals surface area (Å²) in [6, 6.07) is 12.5. The highest BCUT2D eigenvalue weighted by atomic mass is 16.2. The third kappa shape index (κ3) is 4.13. The number of amides is 2. The van der Waals surface area contributed by atoms with E-state index in [1.807, 2.05) is 38.1 Å². The van der Waals surface area contributed by atoms with Gasteiger partial charge in [0, 0.05) is 24.0 Å². The maximum atomic E-state index is 12.4.